The van der Waals surface area contributed by atoms with Gasteiger partial charge >= 0.3 is 6.18 Å². The molecule has 8 heteroatoms. The maximum Gasteiger partial charge on any atom is 0.435 e. The van der Waals surface area contributed by atoms with Gasteiger partial charge in [-0.05, 0) is 24.3 Å². The Hall–Kier alpha value is -2.02. The smallest absolute Gasteiger partial charge is 0.399 e. The number of benzene rings is 1. The highest BCUT2D eigenvalue weighted by Gasteiger charge is 2.34. The molecule has 106 valence electrons. The van der Waals surface area contributed by atoms with Gasteiger partial charge in [0.1, 0.15) is 0 Å². The number of hydrogen-bond donors (Lipinski definition) is 2. The van der Waals surface area contributed by atoms with Gasteiger partial charge in [-0.25, -0.2) is 0 Å². The quantitative estimate of drug-likeness (QED) is 0.676. The number of alkyl halides is 3. The number of carbonyl (C=O) groups is 1. The van der Waals surface area contributed by atoms with Gasteiger partial charge in [-0.2, -0.15) is 18.3 Å². The van der Waals surface area contributed by atoms with Crippen molar-refractivity contribution in [2.75, 3.05) is 5.73 Å². The van der Waals surface area contributed by atoms with Crippen LogP contribution in [0.5, 0.6) is 0 Å². The van der Waals surface area contributed by atoms with Gasteiger partial charge in [0.05, 0.1) is 11.4 Å². The van der Waals surface area contributed by atoms with E-state index in [4.69, 9.17) is 17.3 Å². The zero-order chi connectivity index (χ0) is 14.9. The van der Waals surface area contributed by atoms with E-state index in [0.717, 1.165) is 6.07 Å². The average Bonchev–Trinajstić information content (AvgIpc) is 2.80. The Morgan fingerprint density at radius 1 is 1.35 bits per heavy atom. The molecule has 2 rings (SSSR count). The molecule has 0 aliphatic rings. The zero-order valence-electron chi connectivity index (χ0n) is 9.96. The second kappa shape index (κ2) is 5.16. The summed E-state index contributed by atoms with van der Waals surface area (Å²) in [6, 6.07) is 5.15. The number of nitrogens with two attached hydrogens (primary N) is 1. The summed E-state index contributed by atoms with van der Waals surface area (Å²) in [4.78, 5) is 12.0. The molecule has 3 N–H and O–H groups in total. The van der Waals surface area contributed by atoms with Crippen molar-refractivity contribution in [2.24, 2.45) is 0 Å². The topological polar surface area (TPSA) is 71.8 Å². The third-order valence-electron chi connectivity index (χ3n) is 2.56. The minimum Gasteiger partial charge on any atom is -0.399 e. The molecule has 2 aromatic rings. The Labute approximate surface area is 116 Å². The third kappa shape index (κ3) is 3.11. The lowest BCUT2D eigenvalue weighted by Gasteiger charge is -2.03. The molecule has 0 radical (unpaired) electrons. The van der Waals surface area contributed by atoms with E-state index in [1.165, 1.54) is 18.2 Å². The number of hydrogen-bond acceptors (Lipinski definition) is 3. The second-order valence-corrected chi connectivity index (χ2v) is 4.52. The van der Waals surface area contributed by atoms with E-state index in [1.54, 1.807) is 0 Å². The van der Waals surface area contributed by atoms with Crippen LogP contribution in [0.4, 0.5) is 18.9 Å². The monoisotopic (exact) mass is 303 g/mol. The highest BCUT2D eigenvalue weighted by Crippen LogP contribution is 2.28. The molecule has 0 aliphatic heterocycles. The van der Waals surface area contributed by atoms with Gasteiger partial charge in [0, 0.05) is 16.9 Å². The first kappa shape index (κ1) is 14.4. The standard InChI is InChI=1S/C12H9ClF3N3O/c13-9-2-1-6(17)3-8(9)10(20)4-7-5-11(19-18-7)12(14,15)16/h1-3,5H,4,17H2,(H,18,19). The van der Waals surface area contributed by atoms with Crippen molar-refractivity contribution in [3.8, 4) is 0 Å². The number of H-pyrrole nitrogens is 1. The van der Waals surface area contributed by atoms with Crippen molar-refractivity contribution < 1.29 is 18.0 Å². The Kier molecular flexibility index (Phi) is 3.71. The molecular weight excluding hydrogens is 295 g/mol. The molecule has 1 heterocycles. The molecule has 0 saturated heterocycles. The van der Waals surface area contributed by atoms with Crippen molar-refractivity contribution in [1.29, 1.82) is 0 Å². The lowest BCUT2D eigenvalue weighted by molar-refractivity contribution is -0.141. The van der Waals surface area contributed by atoms with Crippen LogP contribution in [0.3, 0.4) is 0 Å². The van der Waals surface area contributed by atoms with Crippen LogP contribution in [0.25, 0.3) is 0 Å². The van der Waals surface area contributed by atoms with Crippen molar-refractivity contribution in [1.82, 2.24) is 10.2 Å². The average molecular weight is 304 g/mol. The number of anilines is 1. The summed E-state index contributed by atoms with van der Waals surface area (Å²) in [7, 11) is 0. The predicted molar refractivity (Wildman–Crippen MR) is 67.5 cm³/mol. The van der Waals surface area contributed by atoms with Gasteiger partial charge in [0.25, 0.3) is 0 Å². The van der Waals surface area contributed by atoms with Crippen LogP contribution in [0.15, 0.2) is 24.3 Å². The van der Waals surface area contributed by atoms with Gasteiger partial charge in [-0.3, -0.25) is 9.89 Å². The maximum atomic E-state index is 12.4. The first-order chi connectivity index (χ1) is 9.27. The SMILES string of the molecule is Nc1ccc(Cl)c(C(=O)Cc2cc(C(F)(F)F)n[nH]2)c1. The van der Waals surface area contributed by atoms with Crippen molar-refractivity contribution in [3.63, 3.8) is 0 Å². The summed E-state index contributed by atoms with van der Waals surface area (Å²) in [5.74, 6) is -0.445. The summed E-state index contributed by atoms with van der Waals surface area (Å²) in [6.07, 6.45) is -4.82. The van der Waals surface area contributed by atoms with E-state index in [1.807, 2.05) is 0 Å². The van der Waals surface area contributed by atoms with E-state index >= 15 is 0 Å². The summed E-state index contributed by atoms with van der Waals surface area (Å²) in [5.41, 5.74) is 5.03. The van der Waals surface area contributed by atoms with Crippen LogP contribution < -0.4 is 5.73 Å². The number of halogens is 4. The summed E-state index contributed by atoms with van der Waals surface area (Å²) >= 11 is 5.85. The fourth-order valence-corrected chi connectivity index (χ4v) is 1.85. The lowest BCUT2D eigenvalue weighted by Crippen LogP contribution is -2.06. The second-order valence-electron chi connectivity index (χ2n) is 4.12. The summed E-state index contributed by atoms with van der Waals surface area (Å²) in [5, 5.41) is 5.49. The molecule has 20 heavy (non-hydrogen) atoms. The molecule has 0 amide bonds. The van der Waals surface area contributed by atoms with E-state index in [0.29, 0.717) is 5.69 Å². The molecule has 0 saturated carbocycles. The van der Waals surface area contributed by atoms with Gasteiger partial charge in [-0.1, -0.05) is 11.6 Å². The van der Waals surface area contributed by atoms with Crippen LogP contribution in [-0.4, -0.2) is 16.0 Å². The van der Waals surface area contributed by atoms with Gasteiger partial charge < -0.3 is 5.73 Å². The molecule has 1 aromatic carbocycles. The summed E-state index contributed by atoms with van der Waals surface area (Å²) < 4.78 is 37.1. The number of nitrogens with zero attached hydrogens (tertiary/aromatic N) is 1. The molecule has 0 atom stereocenters. The molecule has 0 spiro atoms. The number of nitrogens with one attached hydrogen (secondary N) is 1. The number of Topliss-reactive ketones (excluding diaryl/α,β-unsaturated/α-hetero) is 1. The summed E-state index contributed by atoms with van der Waals surface area (Å²) in [6.45, 7) is 0. The van der Waals surface area contributed by atoms with Crippen molar-refractivity contribution >= 4 is 23.1 Å². The minimum absolute atomic E-state index is 0.0563. The Balaban J connectivity index is 2.20. The first-order valence-corrected chi connectivity index (χ1v) is 5.85. The van der Waals surface area contributed by atoms with E-state index in [-0.39, 0.29) is 22.7 Å². The number of aromatic amines is 1. The molecule has 0 bridgehead atoms. The number of ketones is 1. The minimum atomic E-state index is -4.55. The normalized spacial score (nSPS) is 11.6. The van der Waals surface area contributed by atoms with Crippen molar-refractivity contribution in [3.05, 3.63) is 46.2 Å². The third-order valence-corrected chi connectivity index (χ3v) is 2.89. The van der Waals surface area contributed by atoms with E-state index in [2.05, 4.69) is 10.2 Å². The maximum absolute atomic E-state index is 12.4. The first-order valence-electron chi connectivity index (χ1n) is 5.47. The van der Waals surface area contributed by atoms with Crippen LogP contribution in [-0.2, 0) is 12.6 Å². The molecule has 1 aromatic heterocycles. The zero-order valence-corrected chi connectivity index (χ0v) is 10.7. The number of rotatable bonds is 3. The fourth-order valence-electron chi connectivity index (χ4n) is 1.62. The van der Waals surface area contributed by atoms with Crippen LogP contribution in [0.1, 0.15) is 21.7 Å². The number of carbonyl (C=O) groups excluding carboxylic acids is 1. The Bertz CT molecular complexity index is 652. The Morgan fingerprint density at radius 3 is 2.65 bits per heavy atom. The molecular formula is C12H9ClF3N3O. The van der Waals surface area contributed by atoms with Gasteiger partial charge in [-0.15, -0.1) is 0 Å². The van der Waals surface area contributed by atoms with Gasteiger partial charge in [0.15, 0.2) is 11.5 Å². The highest BCUT2D eigenvalue weighted by molar-refractivity contribution is 6.34. The van der Waals surface area contributed by atoms with Crippen molar-refractivity contribution in [2.45, 2.75) is 12.6 Å². The lowest BCUT2D eigenvalue weighted by atomic mass is 10.1. The van der Waals surface area contributed by atoms with Gasteiger partial charge in [0.2, 0.25) is 0 Å². The predicted octanol–water partition coefficient (Wildman–Crippen LogP) is 3.09. The Morgan fingerprint density at radius 2 is 2.05 bits per heavy atom. The van der Waals surface area contributed by atoms with E-state index < -0.39 is 17.7 Å². The molecule has 0 fully saturated rings. The highest BCUT2D eigenvalue weighted by atomic mass is 35.5. The van der Waals surface area contributed by atoms with E-state index in [9.17, 15) is 18.0 Å². The van der Waals surface area contributed by atoms with Crippen LogP contribution >= 0.6 is 11.6 Å². The van der Waals surface area contributed by atoms with Crippen LogP contribution in [0.2, 0.25) is 5.02 Å². The number of aromatic nitrogens is 2. The van der Waals surface area contributed by atoms with Crippen LogP contribution in [0, 0.1) is 0 Å². The largest absolute Gasteiger partial charge is 0.435 e. The number of nitrogen functional groups attached to an aromatic ring is 1. The molecule has 4 nitrogen and oxygen atoms in total. The molecule has 0 aliphatic carbocycles. The fraction of sp³-hybridized carbons (Fsp3) is 0.167. The molecule has 0 unspecified atom stereocenters.